The molecule has 86 valence electrons. The fraction of sp³-hybridized carbons (Fsp3) is 0.778. The smallest absolute Gasteiger partial charge is 0.294 e. The molecule has 0 atom stereocenters. The van der Waals surface area contributed by atoms with Gasteiger partial charge in [0.2, 0.25) is 0 Å². The van der Waals surface area contributed by atoms with Crippen LogP contribution in [0.3, 0.4) is 0 Å². The van der Waals surface area contributed by atoms with Crippen molar-refractivity contribution in [1.82, 2.24) is 10.2 Å². The summed E-state index contributed by atoms with van der Waals surface area (Å²) in [5.41, 5.74) is 0. The van der Waals surface area contributed by atoms with Crippen LogP contribution >= 0.6 is 22.9 Å². The van der Waals surface area contributed by atoms with Gasteiger partial charge in [0.05, 0.1) is 12.5 Å². The van der Waals surface area contributed by atoms with E-state index in [4.69, 9.17) is 21.1 Å². The molecule has 0 radical (unpaired) electrons. The van der Waals surface area contributed by atoms with Crippen molar-refractivity contribution in [3.05, 3.63) is 5.01 Å². The number of hydrogen-bond donors (Lipinski definition) is 0. The van der Waals surface area contributed by atoms with Crippen molar-refractivity contribution >= 4 is 22.9 Å². The number of aromatic nitrogens is 2. The molecule has 0 unspecified atom stereocenters. The van der Waals surface area contributed by atoms with Gasteiger partial charge < -0.3 is 9.47 Å². The third-order valence-corrected chi connectivity index (χ3v) is 2.71. The van der Waals surface area contributed by atoms with Crippen molar-refractivity contribution in [2.24, 2.45) is 5.92 Å². The molecule has 0 aliphatic rings. The van der Waals surface area contributed by atoms with Crippen LogP contribution in [0.4, 0.5) is 0 Å². The van der Waals surface area contributed by atoms with E-state index in [-0.39, 0.29) is 0 Å². The first-order valence-electron chi connectivity index (χ1n) is 4.81. The highest BCUT2D eigenvalue weighted by Crippen LogP contribution is 2.18. The van der Waals surface area contributed by atoms with Crippen molar-refractivity contribution in [3.8, 4) is 5.19 Å². The van der Waals surface area contributed by atoms with Crippen LogP contribution in [0.5, 0.6) is 5.19 Å². The molecule has 0 saturated heterocycles. The van der Waals surface area contributed by atoms with E-state index in [1.54, 1.807) is 0 Å². The number of hydrogen-bond acceptors (Lipinski definition) is 5. The third-order valence-electron chi connectivity index (χ3n) is 1.47. The standard InChI is InChI=1S/C9H15ClN2O2S/c1-7(2)6-13-3-4-14-9-12-11-8(5-10)15-9/h7H,3-6H2,1-2H3. The van der Waals surface area contributed by atoms with Crippen LogP contribution in [0.25, 0.3) is 0 Å². The zero-order valence-electron chi connectivity index (χ0n) is 8.90. The van der Waals surface area contributed by atoms with Crippen LogP contribution in [0.15, 0.2) is 0 Å². The Morgan fingerprint density at radius 3 is 2.73 bits per heavy atom. The molecular weight excluding hydrogens is 236 g/mol. The molecule has 6 heteroatoms. The Balaban J connectivity index is 2.09. The topological polar surface area (TPSA) is 44.2 Å². The van der Waals surface area contributed by atoms with Crippen LogP contribution in [0.2, 0.25) is 0 Å². The van der Waals surface area contributed by atoms with E-state index in [0.717, 1.165) is 11.6 Å². The lowest BCUT2D eigenvalue weighted by molar-refractivity contribution is 0.0816. The molecule has 1 aromatic heterocycles. The quantitative estimate of drug-likeness (QED) is 0.550. The molecule has 4 nitrogen and oxygen atoms in total. The van der Waals surface area contributed by atoms with Gasteiger partial charge in [-0.3, -0.25) is 0 Å². The highest BCUT2D eigenvalue weighted by Gasteiger charge is 2.03. The van der Waals surface area contributed by atoms with Gasteiger partial charge in [-0.2, -0.15) is 0 Å². The van der Waals surface area contributed by atoms with Crippen LogP contribution in [0.1, 0.15) is 18.9 Å². The molecule has 0 N–H and O–H groups in total. The monoisotopic (exact) mass is 250 g/mol. The second-order valence-corrected chi connectivity index (χ2v) is 4.70. The summed E-state index contributed by atoms with van der Waals surface area (Å²) in [7, 11) is 0. The zero-order chi connectivity index (χ0) is 11.1. The van der Waals surface area contributed by atoms with Gasteiger partial charge in [-0.1, -0.05) is 25.2 Å². The third kappa shape index (κ3) is 5.30. The van der Waals surface area contributed by atoms with Crippen LogP contribution in [-0.2, 0) is 10.6 Å². The van der Waals surface area contributed by atoms with E-state index in [2.05, 4.69) is 24.0 Å². The van der Waals surface area contributed by atoms with Gasteiger partial charge in [0.15, 0.2) is 0 Å². The molecule has 0 bridgehead atoms. The Morgan fingerprint density at radius 1 is 1.33 bits per heavy atom. The number of halogens is 1. The lowest BCUT2D eigenvalue weighted by Gasteiger charge is -2.06. The van der Waals surface area contributed by atoms with Crippen LogP contribution in [0, 0.1) is 5.92 Å². The summed E-state index contributed by atoms with van der Waals surface area (Å²) in [5.74, 6) is 0.930. The van der Waals surface area contributed by atoms with E-state index < -0.39 is 0 Å². The summed E-state index contributed by atoms with van der Waals surface area (Å²) >= 11 is 6.95. The van der Waals surface area contributed by atoms with Crippen molar-refractivity contribution in [2.45, 2.75) is 19.7 Å². The molecule has 0 aliphatic carbocycles. The SMILES string of the molecule is CC(C)COCCOc1nnc(CCl)s1. The van der Waals surface area contributed by atoms with Gasteiger partial charge in [0, 0.05) is 6.61 Å². The molecule has 0 aliphatic heterocycles. The van der Waals surface area contributed by atoms with Gasteiger partial charge in [0.1, 0.15) is 11.6 Å². The van der Waals surface area contributed by atoms with E-state index >= 15 is 0 Å². The maximum atomic E-state index is 5.59. The van der Waals surface area contributed by atoms with E-state index in [0.29, 0.717) is 30.2 Å². The lowest BCUT2D eigenvalue weighted by Crippen LogP contribution is -2.10. The van der Waals surface area contributed by atoms with Crippen LogP contribution < -0.4 is 4.74 Å². The first-order chi connectivity index (χ1) is 7.22. The van der Waals surface area contributed by atoms with Crippen molar-refractivity contribution in [3.63, 3.8) is 0 Å². The Labute approximate surface area is 98.6 Å². The van der Waals surface area contributed by atoms with Crippen molar-refractivity contribution in [2.75, 3.05) is 19.8 Å². The number of ether oxygens (including phenoxy) is 2. The summed E-state index contributed by atoms with van der Waals surface area (Å²) in [4.78, 5) is 0. The molecule has 1 aromatic rings. The first-order valence-corrected chi connectivity index (χ1v) is 6.16. The largest absolute Gasteiger partial charge is 0.466 e. The van der Waals surface area contributed by atoms with Crippen LogP contribution in [-0.4, -0.2) is 30.0 Å². The molecule has 0 saturated carbocycles. The Morgan fingerprint density at radius 2 is 2.13 bits per heavy atom. The summed E-state index contributed by atoms with van der Waals surface area (Å²) in [6.07, 6.45) is 0. The predicted molar refractivity (Wildman–Crippen MR) is 60.6 cm³/mol. The summed E-state index contributed by atoms with van der Waals surface area (Å²) < 4.78 is 10.7. The van der Waals surface area contributed by atoms with Gasteiger partial charge in [-0.25, -0.2) is 0 Å². The highest BCUT2D eigenvalue weighted by molar-refractivity contribution is 7.13. The first kappa shape index (κ1) is 12.7. The number of nitrogens with zero attached hydrogens (tertiary/aromatic N) is 2. The summed E-state index contributed by atoms with van der Waals surface area (Å²) in [6, 6.07) is 0. The Hall–Kier alpha value is -0.390. The molecule has 0 fully saturated rings. The Bertz CT molecular complexity index is 281. The molecule has 0 spiro atoms. The summed E-state index contributed by atoms with van der Waals surface area (Å²) in [6.45, 7) is 6.06. The minimum absolute atomic E-state index is 0.380. The minimum atomic E-state index is 0.380. The van der Waals surface area contributed by atoms with E-state index in [1.165, 1.54) is 11.3 Å². The van der Waals surface area contributed by atoms with Crippen molar-refractivity contribution < 1.29 is 9.47 Å². The maximum absolute atomic E-state index is 5.59. The predicted octanol–water partition coefficient (Wildman–Crippen LogP) is 2.33. The number of alkyl halides is 1. The molecule has 1 heterocycles. The molecule has 15 heavy (non-hydrogen) atoms. The van der Waals surface area contributed by atoms with Gasteiger partial charge in [-0.05, 0) is 5.92 Å². The van der Waals surface area contributed by atoms with E-state index in [1.807, 2.05) is 0 Å². The zero-order valence-corrected chi connectivity index (χ0v) is 10.5. The molecular formula is C9H15ClN2O2S. The summed E-state index contributed by atoms with van der Waals surface area (Å²) in [5, 5.41) is 8.99. The maximum Gasteiger partial charge on any atom is 0.294 e. The average molecular weight is 251 g/mol. The fourth-order valence-corrected chi connectivity index (χ4v) is 1.64. The number of rotatable bonds is 7. The van der Waals surface area contributed by atoms with Crippen molar-refractivity contribution in [1.29, 1.82) is 0 Å². The molecule has 0 aromatic carbocycles. The average Bonchev–Trinajstić information content (AvgIpc) is 2.65. The van der Waals surface area contributed by atoms with Gasteiger partial charge in [-0.15, -0.1) is 21.8 Å². The normalized spacial score (nSPS) is 10.9. The molecule has 1 rings (SSSR count). The van der Waals surface area contributed by atoms with Gasteiger partial charge in [0.25, 0.3) is 5.19 Å². The second kappa shape index (κ2) is 6.98. The highest BCUT2D eigenvalue weighted by atomic mass is 35.5. The fourth-order valence-electron chi connectivity index (χ4n) is 0.857. The lowest BCUT2D eigenvalue weighted by atomic mass is 10.2. The van der Waals surface area contributed by atoms with E-state index in [9.17, 15) is 0 Å². The van der Waals surface area contributed by atoms with Gasteiger partial charge >= 0.3 is 0 Å². The Kier molecular flexibility index (Phi) is 5.90. The molecule has 0 amide bonds. The second-order valence-electron chi connectivity index (χ2n) is 3.41. The minimum Gasteiger partial charge on any atom is -0.466 e.